The van der Waals surface area contributed by atoms with E-state index in [1.165, 1.54) is 58.3 Å². The summed E-state index contributed by atoms with van der Waals surface area (Å²) < 4.78 is 0. The molecular formula is C36H33N5O5S2. The van der Waals surface area contributed by atoms with Crippen LogP contribution in [0.15, 0.2) is 89.5 Å². The van der Waals surface area contributed by atoms with Gasteiger partial charge >= 0.3 is 0 Å². The van der Waals surface area contributed by atoms with E-state index in [1.54, 1.807) is 48.5 Å². The first-order valence-corrected chi connectivity index (χ1v) is 17.1. The number of nitriles is 1. The van der Waals surface area contributed by atoms with Gasteiger partial charge in [-0.2, -0.15) is 5.26 Å². The third-order valence-corrected chi connectivity index (χ3v) is 10.4. The third kappa shape index (κ3) is 8.36. The molecule has 3 N–H and O–H groups in total. The Bertz CT molecular complexity index is 1920. The minimum atomic E-state index is -0.607. The number of thiophene rings is 1. The predicted octanol–water partition coefficient (Wildman–Crippen LogP) is 7.57. The smallest absolute Gasteiger partial charge is 0.272 e. The van der Waals surface area contributed by atoms with Crippen molar-refractivity contribution in [1.29, 1.82) is 5.26 Å². The lowest BCUT2D eigenvalue weighted by Gasteiger charge is -2.17. The second-order valence-electron chi connectivity index (χ2n) is 11.4. The van der Waals surface area contributed by atoms with Crippen molar-refractivity contribution < 1.29 is 19.3 Å². The second-order valence-corrected chi connectivity index (χ2v) is 13.8. The Hall–Kier alpha value is -5.25. The van der Waals surface area contributed by atoms with Crippen LogP contribution in [0, 0.1) is 27.4 Å². The summed E-state index contributed by atoms with van der Waals surface area (Å²) >= 11 is 2.84. The molecule has 1 aliphatic carbocycles. The monoisotopic (exact) mass is 679 g/mol. The van der Waals surface area contributed by atoms with E-state index in [9.17, 15) is 29.8 Å². The molecule has 10 nitrogen and oxygen atoms in total. The Morgan fingerprint density at radius 1 is 1.08 bits per heavy atom. The van der Waals surface area contributed by atoms with Gasteiger partial charge in [-0.1, -0.05) is 38.1 Å². The first-order chi connectivity index (χ1) is 23.1. The fraction of sp³-hybridized carbons (Fsp3) is 0.222. The Labute approximate surface area is 286 Å². The second kappa shape index (κ2) is 15.6. The van der Waals surface area contributed by atoms with Crippen molar-refractivity contribution in [3.63, 3.8) is 0 Å². The van der Waals surface area contributed by atoms with E-state index in [1.807, 2.05) is 13.0 Å². The maximum Gasteiger partial charge on any atom is 0.272 e. The van der Waals surface area contributed by atoms with Crippen LogP contribution >= 0.6 is 23.1 Å². The summed E-state index contributed by atoms with van der Waals surface area (Å²) in [5, 5.41) is 29.6. The summed E-state index contributed by atoms with van der Waals surface area (Å²) in [4.78, 5) is 52.4. The van der Waals surface area contributed by atoms with Crippen LogP contribution < -0.4 is 16.0 Å². The van der Waals surface area contributed by atoms with E-state index in [0.29, 0.717) is 39.7 Å². The number of benzene rings is 3. The number of non-ortho nitro benzene ring substituents is 1. The highest BCUT2D eigenvalue weighted by Gasteiger charge is 2.27. The SMILES string of the molecule is CCC(Sc1cccc(NC(=O)/C(=C\c2ccc([N+](=O)[O-])cc2)NC(=O)c2ccccc2)c1)C(=O)Nc1sc2c(c1C#N)CCC(C)C2. The molecule has 1 aromatic heterocycles. The number of nitro benzene ring substituents is 1. The standard InChI is InChI=1S/C36H33N5O5S2/c1-3-31(35(44)40-36-29(21-37)28-17-12-22(2)18-32(28)48-36)47-27-11-7-10-25(20-27)38-34(43)30(39-33(42)24-8-5-4-6-9-24)19-23-13-15-26(16-14-23)41(45)46/h4-11,13-16,19-20,22,31H,3,12,17-18H2,1-2H3,(H,38,43)(H,39,42)(H,40,44)/b30-19+. The molecule has 3 amide bonds. The van der Waals surface area contributed by atoms with E-state index >= 15 is 0 Å². The van der Waals surface area contributed by atoms with E-state index < -0.39 is 22.0 Å². The molecule has 5 rings (SSSR count). The highest BCUT2D eigenvalue weighted by Crippen LogP contribution is 2.40. The summed E-state index contributed by atoms with van der Waals surface area (Å²) in [5.74, 6) is -0.755. The van der Waals surface area contributed by atoms with Crippen LogP contribution in [0.3, 0.4) is 0 Å². The molecule has 1 heterocycles. The van der Waals surface area contributed by atoms with Crippen LogP contribution in [0.25, 0.3) is 6.08 Å². The van der Waals surface area contributed by atoms with Gasteiger partial charge in [0, 0.05) is 33.2 Å². The lowest BCUT2D eigenvalue weighted by atomic mass is 9.88. The number of fused-ring (bicyclic) bond motifs is 1. The number of nitrogens with zero attached hydrogens (tertiary/aromatic N) is 2. The fourth-order valence-electron chi connectivity index (χ4n) is 5.28. The van der Waals surface area contributed by atoms with Gasteiger partial charge < -0.3 is 16.0 Å². The molecule has 0 saturated heterocycles. The zero-order chi connectivity index (χ0) is 34.2. The minimum absolute atomic E-state index is 0.0667. The summed E-state index contributed by atoms with van der Waals surface area (Å²) in [6.07, 6.45) is 4.76. The van der Waals surface area contributed by atoms with Crippen molar-refractivity contribution in [1.82, 2.24) is 5.32 Å². The number of nitrogens with one attached hydrogen (secondary N) is 3. The van der Waals surface area contributed by atoms with Gasteiger partial charge in [-0.25, -0.2) is 0 Å². The quantitative estimate of drug-likeness (QED) is 0.0639. The number of carbonyl (C=O) groups excluding carboxylic acids is 3. The molecule has 0 fully saturated rings. The highest BCUT2D eigenvalue weighted by molar-refractivity contribution is 8.00. The lowest BCUT2D eigenvalue weighted by molar-refractivity contribution is -0.384. The van der Waals surface area contributed by atoms with Gasteiger partial charge in [0.2, 0.25) is 5.91 Å². The number of hydrogen-bond acceptors (Lipinski definition) is 8. The predicted molar refractivity (Wildman–Crippen MR) is 189 cm³/mol. The Kier molecular flexibility index (Phi) is 11.1. The normalized spacial score (nSPS) is 14.6. The van der Waals surface area contributed by atoms with Crippen molar-refractivity contribution in [2.24, 2.45) is 5.92 Å². The van der Waals surface area contributed by atoms with Crippen LogP contribution in [-0.2, 0) is 22.4 Å². The molecule has 0 radical (unpaired) electrons. The van der Waals surface area contributed by atoms with Crippen molar-refractivity contribution in [2.45, 2.75) is 49.7 Å². The van der Waals surface area contributed by atoms with Crippen molar-refractivity contribution in [2.75, 3.05) is 10.6 Å². The summed E-state index contributed by atoms with van der Waals surface area (Å²) in [5.41, 5.74) is 2.72. The Morgan fingerprint density at radius 2 is 1.83 bits per heavy atom. The first-order valence-electron chi connectivity index (χ1n) is 15.4. The van der Waals surface area contributed by atoms with Gasteiger partial charge in [-0.3, -0.25) is 24.5 Å². The number of anilines is 2. The van der Waals surface area contributed by atoms with Crippen LogP contribution in [0.5, 0.6) is 0 Å². The van der Waals surface area contributed by atoms with Gasteiger partial charge in [-0.05, 0) is 91.3 Å². The number of amides is 3. The van der Waals surface area contributed by atoms with Crippen LogP contribution in [0.4, 0.5) is 16.4 Å². The van der Waals surface area contributed by atoms with Gasteiger partial charge in [0.1, 0.15) is 16.8 Å². The molecular weight excluding hydrogens is 647 g/mol. The molecule has 0 bridgehead atoms. The van der Waals surface area contributed by atoms with Crippen molar-refractivity contribution >= 4 is 63.3 Å². The van der Waals surface area contributed by atoms with Gasteiger partial charge in [0.15, 0.2) is 0 Å². The highest BCUT2D eigenvalue weighted by atomic mass is 32.2. The molecule has 0 aliphatic heterocycles. The van der Waals surface area contributed by atoms with Gasteiger partial charge in [-0.15, -0.1) is 23.1 Å². The summed E-state index contributed by atoms with van der Waals surface area (Å²) in [6, 6.07) is 23.4. The molecule has 3 aromatic carbocycles. The number of carbonyl (C=O) groups is 3. The molecule has 1 aliphatic rings. The fourth-order valence-corrected chi connectivity index (χ4v) is 7.66. The number of rotatable bonds is 11. The largest absolute Gasteiger partial charge is 0.321 e. The van der Waals surface area contributed by atoms with Crippen LogP contribution in [0.2, 0.25) is 0 Å². The summed E-state index contributed by atoms with van der Waals surface area (Å²) in [6.45, 7) is 4.12. The molecule has 12 heteroatoms. The van der Waals surface area contributed by atoms with Crippen LogP contribution in [0.1, 0.15) is 58.6 Å². The van der Waals surface area contributed by atoms with E-state index in [0.717, 1.165) is 29.7 Å². The molecule has 0 spiro atoms. The zero-order valence-electron chi connectivity index (χ0n) is 26.3. The molecule has 244 valence electrons. The van der Waals surface area contributed by atoms with E-state index in [4.69, 9.17) is 0 Å². The molecule has 2 unspecified atom stereocenters. The van der Waals surface area contributed by atoms with E-state index in [-0.39, 0.29) is 17.3 Å². The van der Waals surface area contributed by atoms with Crippen LogP contribution in [-0.4, -0.2) is 27.9 Å². The van der Waals surface area contributed by atoms with Gasteiger partial charge in [0.05, 0.1) is 15.7 Å². The average molecular weight is 680 g/mol. The minimum Gasteiger partial charge on any atom is -0.321 e. The number of nitro groups is 1. The number of hydrogen-bond donors (Lipinski definition) is 3. The summed E-state index contributed by atoms with van der Waals surface area (Å²) in [7, 11) is 0. The maximum atomic E-state index is 13.5. The first kappa shape index (κ1) is 34.1. The Balaban J connectivity index is 1.31. The maximum absolute atomic E-state index is 13.5. The third-order valence-electron chi connectivity index (χ3n) is 7.84. The molecule has 0 saturated carbocycles. The number of thioether (sulfide) groups is 1. The zero-order valence-corrected chi connectivity index (χ0v) is 28.0. The molecule has 48 heavy (non-hydrogen) atoms. The van der Waals surface area contributed by atoms with Crippen molar-refractivity contribution in [3.8, 4) is 6.07 Å². The molecule has 4 aromatic rings. The van der Waals surface area contributed by atoms with Gasteiger partial charge in [0.25, 0.3) is 17.5 Å². The Morgan fingerprint density at radius 3 is 2.52 bits per heavy atom. The molecule has 2 atom stereocenters. The average Bonchev–Trinajstić information content (AvgIpc) is 3.43. The van der Waals surface area contributed by atoms with E-state index in [2.05, 4.69) is 28.9 Å². The van der Waals surface area contributed by atoms with Crippen molar-refractivity contribution in [3.05, 3.63) is 122 Å². The lowest BCUT2D eigenvalue weighted by Crippen LogP contribution is -2.30. The topological polar surface area (TPSA) is 154 Å².